The third kappa shape index (κ3) is 3.84. The minimum absolute atomic E-state index is 0.391. The molecule has 0 saturated carbocycles. The molecule has 0 spiro atoms. The highest BCUT2D eigenvalue weighted by molar-refractivity contribution is 5.82. The summed E-state index contributed by atoms with van der Waals surface area (Å²) in [6, 6.07) is 23.8. The van der Waals surface area contributed by atoms with Gasteiger partial charge in [0.25, 0.3) is 0 Å². The Kier molecular flexibility index (Phi) is 5.14. The first-order valence-electron chi connectivity index (χ1n) is 11.2. The van der Waals surface area contributed by atoms with Gasteiger partial charge in [-0.05, 0) is 39.9 Å². The summed E-state index contributed by atoms with van der Waals surface area (Å²) in [5.74, 6) is 2.84. The van der Waals surface area contributed by atoms with Gasteiger partial charge >= 0.3 is 0 Å². The number of aromatic amines is 2. The fourth-order valence-electron chi connectivity index (χ4n) is 3.96. The van der Waals surface area contributed by atoms with Crippen LogP contribution in [0.15, 0.2) is 72.9 Å². The number of benzene rings is 3. The van der Waals surface area contributed by atoms with Crippen molar-refractivity contribution in [2.24, 2.45) is 0 Å². The van der Waals surface area contributed by atoms with E-state index in [0.29, 0.717) is 11.8 Å². The largest absolute Gasteiger partial charge is 0.342 e. The molecule has 5 aromatic rings. The predicted octanol–water partition coefficient (Wildman–Crippen LogP) is 7.53. The maximum absolute atomic E-state index is 4.68. The predicted molar refractivity (Wildman–Crippen MR) is 133 cm³/mol. The molecular formula is C28H28N4. The van der Waals surface area contributed by atoms with Crippen LogP contribution in [0.3, 0.4) is 0 Å². The summed E-state index contributed by atoms with van der Waals surface area (Å²) in [6.45, 7) is 8.60. The monoisotopic (exact) mass is 420 g/mol. The molecule has 3 aromatic carbocycles. The lowest BCUT2D eigenvalue weighted by molar-refractivity contribution is 0.795. The molecule has 0 radical (unpaired) electrons. The molecule has 0 aliphatic carbocycles. The average Bonchev–Trinajstić information content (AvgIpc) is 3.47. The van der Waals surface area contributed by atoms with E-state index in [1.54, 1.807) is 0 Å². The van der Waals surface area contributed by atoms with Crippen LogP contribution in [0.4, 0.5) is 0 Å². The Morgan fingerprint density at radius 2 is 1.12 bits per heavy atom. The Balaban J connectivity index is 1.37. The van der Waals surface area contributed by atoms with E-state index in [1.807, 2.05) is 6.20 Å². The molecule has 32 heavy (non-hydrogen) atoms. The van der Waals surface area contributed by atoms with Gasteiger partial charge in [0, 0.05) is 11.8 Å². The van der Waals surface area contributed by atoms with Crippen molar-refractivity contribution in [1.29, 1.82) is 0 Å². The number of hydrogen-bond donors (Lipinski definition) is 2. The highest BCUT2D eigenvalue weighted by Gasteiger charge is 2.09. The van der Waals surface area contributed by atoms with Crippen LogP contribution in [0, 0.1) is 0 Å². The fourth-order valence-corrected chi connectivity index (χ4v) is 3.96. The van der Waals surface area contributed by atoms with Crippen LogP contribution in [-0.4, -0.2) is 19.9 Å². The summed E-state index contributed by atoms with van der Waals surface area (Å²) < 4.78 is 0. The van der Waals surface area contributed by atoms with Crippen molar-refractivity contribution in [1.82, 2.24) is 19.9 Å². The van der Waals surface area contributed by atoms with Crippen molar-refractivity contribution >= 4 is 11.0 Å². The number of nitrogens with zero attached hydrogens (tertiary/aromatic N) is 2. The standard InChI is InChI=1S/C28H28N4/c1-17(2)27-29-16-26(32-27)22-11-9-20(10-12-22)19-5-7-21(8-6-19)23-13-14-24-25(15-23)31-28(30-24)18(3)4/h5-18H,1-4H3,(H,29,32)(H,30,31). The van der Waals surface area contributed by atoms with Crippen molar-refractivity contribution in [2.45, 2.75) is 39.5 Å². The van der Waals surface area contributed by atoms with Crippen LogP contribution in [0.1, 0.15) is 51.2 Å². The number of fused-ring (bicyclic) bond motifs is 1. The number of rotatable bonds is 5. The second-order valence-electron chi connectivity index (χ2n) is 9.00. The molecule has 160 valence electrons. The Hall–Kier alpha value is -3.66. The molecule has 0 saturated heterocycles. The lowest BCUT2D eigenvalue weighted by Gasteiger charge is -2.06. The maximum atomic E-state index is 4.68. The van der Waals surface area contributed by atoms with Crippen LogP contribution in [0.5, 0.6) is 0 Å². The van der Waals surface area contributed by atoms with E-state index in [9.17, 15) is 0 Å². The molecule has 0 fully saturated rings. The number of H-pyrrole nitrogens is 2. The Morgan fingerprint density at radius 1 is 0.594 bits per heavy atom. The van der Waals surface area contributed by atoms with Crippen LogP contribution < -0.4 is 0 Å². The van der Waals surface area contributed by atoms with Gasteiger partial charge in [0.2, 0.25) is 0 Å². The summed E-state index contributed by atoms with van der Waals surface area (Å²) in [4.78, 5) is 16.0. The highest BCUT2D eigenvalue weighted by atomic mass is 14.9. The van der Waals surface area contributed by atoms with Gasteiger partial charge in [-0.25, -0.2) is 9.97 Å². The SMILES string of the molecule is CC(C)c1ncc(-c2ccc(-c3ccc(-c4ccc5nc(C(C)C)[nH]c5c4)cc3)cc2)[nH]1. The van der Waals surface area contributed by atoms with E-state index in [4.69, 9.17) is 0 Å². The second-order valence-corrected chi connectivity index (χ2v) is 9.00. The van der Waals surface area contributed by atoms with Gasteiger partial charge < -0.3 is 9.97 Å². The molecule has 0 bridgehead atoms. The van der Waals surface area contributed by atoms with E-state index in [2.05, 4.69) is 114 Å². The van der Waals surface area contributed by atoms with E-state index >= 15 is 0 Å². The summed E-state index contributed by atoms with van der Waals surface area (Å²) in [6.07, 6.45) is 1.92. The van der Waals surface area contributed by atoms with Crippen LogP contribution in [0.2, 0.25) is 0 Å². The first-order valence-corrected chi connectivity index (χ1v) is 11.2. The number of imidazole rings is 2. The molecule has 2 aromatic heterocycles. The number of aromatic nitrogens is 4. The van der Waals surface area contributed by atoms with Gasteiger partial charge in [-0.3, -0.25) is 0 Å². The molecule has 5 rings (SSSR count). The number of nitrogens with one attached hydrogen (secondary N) is 2. The summed E-state index contributed by atoms with van der Waals surface area (Å²) in [5, 5.41) is 0. The highest BCUT2D eigenvalue weighted by Crippen LogP contribution is 2.29. The third-order valence-electron chi connectivity index (χ3n) is 5.94. The first kappa shape index (κ1) is 20.3. The van der Waals surface area contributed by atoms with Crippen molar-refractivity contribution in [3.8, 4) is 33.5 Å². The van der Waals surface area contributed by atoms with Crippen LogP contribution >= 0.6 is 0 Å². The lowest BCUT2D eigenvalue weighted by atomic mass is 9.99. The number of hydrogen-bond acceptors (Lipinski definition) is 2. The van der Waals surface area contributed by atoms with Gasteiger partial charge in [0.1, 0.15) is 11.6 Å². The first-order chi connectivity index (χ1) is 15.5. The van der Waals surface area contributed by atoms with Crippen molar-refractivity contribution in [2.75, 3.05) is 0 Å². The molecule has 0 amide bonds. The zero-order chi connectivity index (χ0) is 22.2. The Labute approximate surface area is 188 Å². The smallest absolute Gasteiger partial charge is 0.109 e. The van der Waals surface area contributed by atoms with E-state index in [-0.39, 0.29) is 0 Å². The minimum Gasteiger partial charge on any atom is -0.342 e. The molecule has 0 unspecified atom stereocenters. The second kappa shape index (κ2) is 8.12. The molecule has 0 aliphatic heterocycles. The van der Waals surface area contributed by atoms with Gasteiger partial charge in [0.05, 0.1) is 22.9 Å². The van der Waals surface area contributed by atoms with E-state index in [0.717, 1.165) is 33.9 Å². The molecule has 4 nitrogen and oxygen atoms in total. The quantitative estimate of drug-likeness (QED) is 0.309. The normalized spacial score (nSPS) is 11.7. The molecule has 2 heterocycles. The van der Waals surface area contributed by atoms with Crippen molar-refractivity contribution < 1.29 is 0 Å². The molecule has 2 N–H and O–H groups in total. The van der Waals surface area contributed by atoms with Crippen molar-refractivity contribution in [3.63, 3.8) is 0 Å². The van der Waals surface area contributed by atoms with Gasteiger partial charge in [-0.15, -0.1) is 0 Å². The summed E-state index contributed by atoms with van der Waals surface area (Å²) in [5.41, 5.74) is 9.12. The minimum atomic E-state index is 0.391. The Bertz CT molecular complexity index is 1350. The van der Waals surface area contributed by atoms with E-state index in [1.165, 1.54) is 22.3 Å². The Morgan fingerprint density at radius 3 is 1.69 bits per heavy atom. The van der Waals surface area contributed by atoms with Crippen LogP contribution in [0.25, 0.3) is 44.5 Å². The van der Waals surface area contributed by atoms with Gasteiger partial charge in [0.15, 0.2) is 0 Å². The molecule has 4 heteroatoms. The summed E-state index contributed by atoms with van der Waals surface area (Å²) >= 11 is 0. The average molecular weight is 421 g/mol. The topological polar surface area (TPSA) is 57.4 Å². The lowest BCUT2D eigenvalue weighted by Crippen LogP contribution is -1.89. The fraction of sp³-hybridized carbons (Fsp3) is 0.214. The molecule has 0 atom stereocenters. The van der Waals surface area contributed by atoms with Gasteiger partial charge in [-0.1, -0.05) is 82.3 Å². The molecule has 0 aliphatic rings. The maximum Gasteiger partial charge on any atom is 0.109 e. The van der Waals surface area contributed by atoms with Crippen LogP contribution in [-0.2, 0) is 0 Å². The summed E-state index contributed by atoms with van der Waals surface area (Å²) in [7, 11) is 0. The van der Waals surface area contributed by atoms with E-state index < -0.39 is 0 Å². The van der Waals surface area contributed by atoms with Crippen molar-refractivity contribution in [3.05, 3.63) is 84.6 Å². The zero-order valence-corrected chi connectivity index (χ0v) is 19.0. The third-order valence-corrected chi connectivity index (χ3v) is 5.94. The molecular weight excluding hydrogens is 392 g/mol. The van der Waals surface area contributed by atoms with Gasteiger partial charge in [-0.2, -0.15) is 0 Å². The zero-order valence-electron chi connectivity index (χ0n) is 19.0.